The van der Waals surface area contributed by atoms with Gasteiger partial charge >= 0.3 is 0 Å². The quantitative estimate of drug-likeness (QED) is 0.0575. The zero-order valence-electron chi connectivity index (χ0n) is 42.5. The van der Waals surface area contributed by atoms with E-state index in [1.54, 1.807) is 56.2 Å². The number of benzene rings is 1. The Kier molecular flexibility index (Phi) is 41.3. The van der Waals surface area contributed by atoms with Gasteiger partial charge in [-0.15, -0.1) is 0 Å². The maximum absolute atomic E-state index is 6.51. The van der Waals surface area contributed by atoms with E-state index in [1.165, 1.54) is 165 Å². The molecule has 6 rings (SSSR count). The number of hydrogen-bond acceptors (Lipinski definition) is 4. The number of unbranched alkanes of at least 4 members (excludes halogenated alkanes) is 4. The third kappa shape index (κ3) is 28.6. The predicted octanol–water partition coefficient (Wildman–Crippen LogP) is 18.4. The van der Waals surface area contributed by atoms with Crippen LogP contribution in [0.5, 0.6) is 0 Å². The van der Waals surface area contributed by atoms with Crippen molar-refractivity contribution in [2.45, 2.75) is 201 Å². The monoisotopic (exact) mass is 869 g/mol. The van der Waals surface area contributed by atoms with E-state index in [2.05, 4.69) is 80.5 Å². The van der Waals surface area contributed by atoms with E-state index in [-0.39, 0.29) is 19.7 Å². The van der Waals surface area contributed by atoms with Gasteiger partial charge < -0.3 is 23.0 Å². The van der Waals surface area contributed by atoms with Gasteiger partial charge in [-0.3, -0.25) is 0 Å². The molecule has 1 aromatic rings. The second-order valence-corrected chi connectivity index (χ2v) is 18.9. The van der Waals surface area contributed by atoms with Crippen LogP contribution < -0.4 is 17.6 Å². The van der Waals surface area contributed by atoms with Crippen LogP contribution >= 0.6 is 0 Å². The van der Waals surface area contributed by atoms with Crippen molar-refractivity contribution in [2.24, 2.45) is 47.3 Å². The first kappa shape index (κ1) is 62.2. The molecule has 3 unspecified atom stereocenters. The van der Waals surface area contributed by atoms with Gasteiger partial charge in [0.25, 0.3) is 0 Å². The molecule has 0 aliphatic heterocycles. The van der Waals surface area contributed by atoms with E-state index in [1.807, 2.05) is 20.9 Å². The normalized spacial score (nSPS) is 24.0. The minimum absolute atomic E-state index is 0. The molecule has 5 aliphatic rings. The molecule has 0 saturated heterocycles. The lowest BCUT2D eigenvalue weighted by atomic mass is 9.66. The molecule has 6 atom stereocenters. The fraction of sp³-hybridized carbons (Fsp3) is 0.678. The minimum atomic E-state index is 0. The van der Waals surface area contributed by atoms with Crippen LogP contribution in [0.1, 0.15) is 200 Å². The summed E-state index contributed by atoms with van der Waals surface area (Å²) in [5.41, 5.74) is 8.91. The lowest BCUT2D eigenvalue weighted by Gasteiger charge is -2.39. The van der Waals surface area contributed by atoms with Crippen molar-refractivity contribution < 1.29 is 0 Å². The molecule has 5 saturated carbocycles. The van der Waals surface area contributed by atoms with Crippen LogP contribution in [0.4, 0.5) is 0 Å². The largest absolute Gasteiger partial charge is 0.387 e. The second kappa shape index (κ2) is 41.8. The Labute approximate surface area is 393 Å². The molecule has 4 nitrogen and oxygen atoms in total. The van der Waals surface area contributed by atoms with Crippen LogP contribution in [0.2, 0.25) is 0 Å². The Bertz CT molecular complexity index is 1350. The molecule has 360 valence electrons. The molecule has 5 fully saturated rings. The topological polar surface area (TPSA) is 106 Å². The Morgan fingerprint density at radius 3 is 1.90 bits per heavy atom. The minimum Gasteiger partial charge on any atom is -0.387 e. The van der Waals surface area contributed by atoms with Gasteiger partial charge in [-0.2, -0.15) is 0 Å². The van der Waals surface area contributed by atoms with E-state index < -0.39 is 0 Å². The van der Waals surface area contributed by atoms with Gasteiger partial charge in [-0.05, 0) is 123 Å². The smallest absolute Gasteiger partial charge is 0.0480 e. The fourth-order valence-electron chi connectivity index (χ4n) is 10.7. The van der Waals surface area contributed by atoms with Gasteiger partial charge in [0.1, 0.15) is 0 Å². The predicted molar refractivity (Wildman–Crippen MR) is 284 cm³/mol. The Hall–Kier alpha value is -2.87. The highest BCUT2D eigenvalue weighted by molar-refractivity contribution is 5.68. The zero-order chi connectivity index (χ0) is 43.5. The summed E-state index contributed by atoms with van der Waals surface area (Å²) < 4.78 is 0. The number of nitrogens with one attached hydrogen (secondary N) is 2. The molecule has 8 N–H and O–H groups in total. The third-order valence-electron chi connectivity index (χ3n) is 14.4. The molecule has 63 heavy (non-hydrogen) atoms. The van der Waals surface area contributed by atoms with Crippen molar-refractivity contribution in [3.63, 3.8) is 0 Å². The van der Waals surface area contributed by atoms with E-state index in [9.17, 15) is 0 Å². The number of rotatable bonds is 16. The van der Waals surface area contributed by atoms with Crippen molar-refractivity contribution in [3.05, 3.63) is 110 Å². The van der Waals surface area contributed by atoms with Crippen molar-refractivity contribution >= 4 is 6.21 Å². The molecule has 1 aromatic carbocycles. The molecule has 0 bridgehead atoms. The molecular formula is C59H104N4. The van der Waals surface area contributed by atoms with Gasteiger partial charge in [-0.1, -0.05) is 230 Å². The van der Waals surface area contributed by atoms with Crippen molar-refractivity contribution in [2.75, 3.05) is 7.05 Å². The van der Waals surface area contributed by atoms with Crippen molar-refractivity contribution in [3.8, 4) is 0 Å². The maximum atomic E-state index is 6.51. The first-order valence-electron chi connectivity index (χ1n) is 25.6. The average Bonchev–Trinajstić information content (AvgIpc) is 3.73. The molecule has 2 radical (unpaired) electrons. The summed E-state index contributed by atoms with van der Waals surface area (Å²) in [6.45, 7) is 16.5. The Morgan fingerprint density at radius 2 is 1.30 bits per heavy atom. The average molecular weight is 870 g/mol. The van der Waals surface area contributed by atoms with Gasteiger partial charge in [0.15, 0.2) is 0 Å². The molecule has 0 aromatic heterocycles. The summed E-state index contributed by atoms with van der Waals surface area (Å²) in [5.74, 6) is 7.95. The molecule has 0 amide bonds. The number of hydrogen-bond donors (Lipinski definition) is 4. The Morgan fingerprint density at radius 1 is 0.683 bits per heavy atom. The van der Waals surface area contributed by atoms with Gasteiger partial charge in [0.05, 0.1) is 0 Å². The molecule has 4 heteroatoms. The van der Waals surface area contributed by atoms with E-state index >= 15 is 0 Å². The molecule has 0 spiro atoms. The van der Waals surface area contributed by atoms with Crippen LogP contribution in [-0.2, 0) is 6.42 Å². The van der Waals surface area contributed by atoms with Crippen molar-refractivity contribution in [1.82, 2.24) is 17.6 Å². The highest BCUT2D eigenvalue weighted by Crippen LogP contribution is 2.45. The summed E-state index contributed by atoms with van der Waals surface area (Å²) >= 11 is 0. The highest BCUT2D eigenvalue weighted by Gasteiger charge is 2.33. The van der Waals surface area contributed by atoms with Gasteiger partial charge in [0, 0.05) is 19.5 Å². The lowest BCUT2D eigenvalue weighted by molar-refractivity contribution is 0.138. The molecule has 0 heterocycles. The summed E-state index contributed by atoms with van der Waals surface area (Å²) in [4.78, 5) is 0. The SMILES string of the molecule is C=C(C=C=C=CNC)C1CCC[C@@H]([C@@H]2CCC[C@H](CCCCCCC)C2)C1.CC.CC1CCC(C2CCCCC2)C1.N.N.[CH2]/C=C\C=C/C=N.[CH3].c1ccc(CCC2CCC2)cc1. The van der Waals surface area contributed by atoms with Gasteiger partial charge in [-0.25, -0.2) is 0 Å². The van der Waals surface area contributed by atoms with Crippen LogP contribution in [0.25, 0.3) is 0 Å². The number of allylic oxidation sites excluding steroid dienone is 6. The van der Waals surface area contributed by atoms with Crippen LogP contribution in [0, 0.1) is 67.1 Å². The summed E-state index contributed by atoms with van der Waals surface area (Å²) in [6, 6.07) is 10.8. The summed E-state index contributed by atoms with van der Waals surface area (Å²) in [6.07, 6.45) is 51.4. The zero-order valence-corrected chi connectivity index (χ0v) is 42.5. The van der Waals surface area contributed by atoms with E-state index in [0.717, 1.165) is 41.4 Å². The molecule has 5 aliphatic carbocycles. The second-order valence-electron chi connectivity index (χ2n) is 18.9. The van der Waals surface area contributed by atoms with Crippen LogP contribution in [-0.4, -0.2) is 13.3 Å². The molecular weight excluding hydrogens is 765 g/mol. The lowest BCUT2D eigenvalue weighted by Crippen LogP contribution is -2.27. The number of aryl methyl sites for hydroxylation is 1. The summed E-state index contributed by atoms with van der Waals surface area (Å²) in [7, 11) is 1.89. The highest BCUT2D eigenvalue weighted by atomic mass is 14.8. The standard InChI is InChI=1S/C26H43N.C12H22.C12H16.C6H8N.C2H6.CH3.2H3N/c1-4-5-6-7-8-14-23-15-11-17-25(20-23)26-18-12-16-24(21-26)22(2)13-9-10-19-27-3;1-10-7-8-12(9-10)11-5-3-2-4-6-11;1-2-5-11(6-3-1)9-10-12-7-4-8-12;1-2-3-4-5-6-7;1-2;;;/h13,19,23-27H,2,4-8,11-12,14-18,20-21H2,1,3H3;10-12H,2-9H2,1H3;1-3,5-6,12H,4,7-10H2;2-7H,1H2;1-2H3;3*1H3/b;;;3-2-,5-4-,7-6?;;;;/t23-,24?,25+,26+;;;;;;;/m0......./s1. The van der Waals surface area contributed by atoms with E-state index in [0.29, 0.717) is 5.92 Å². The fourth-order valence-corrected chi connectivity index (χ4v) is 10.7. The maximum Gasteiger partial charge on any atom is 0.0480 e. The van der Waals surface area contributed by atoms with Crippen molar-refractivity contribution in [1.29, 1.82) is 5.41 Å². The van der Waals surface area contributed by atoms with Crippen LogP contribution in [0.15, 0.2) is 90.5 Å². The first-order chi connectivity index (χ1) is 29.5. The van der Waals surface area contributed by atoms with Gasteiger partial charge in [0.2, 0.25) is 0 Å². The summed E-state index contributed by atoms with van der Waals surface area (Å²) in [5, 5.41) is 9.47. The van der Waals surface area contributed by atoms with Crippen LogP contribution in [0.3, 0.4) is 0 Å². The first-order valence-corrected chi connectivity index (χ1v) is 25.6. The van der Waals surface area contributed by atoms with E-state index in [4.69, 9.17) is 5.41 Å². The third-order valence-corrected chi connectivity index (χ3v) is 14.4. The Balaban J connectivity index is 0.